The summed E-state index contributed by atoms with van der Waals surface area (Å²) < 4.78 is 27.5. The predicted molar refractivity (Wildman–Crippen MR) is 148 cm³/mol. The Morgan fingerprint density at radius 1 is 1.05 bits per heavy atom. The van der Waals surface area contributed by atoms with Crippen molar-refractivity contribution in [1.82, 2.24) is 14.3 Å². The number of nitrogens with one attached hydrogen (secondary N) is 1. The van der Waals surface area contributed by atoms with Crippen molar-refractivity contribution in [2.24, 2.45) is 0 Å². The normalized spacial score (nSPS) is 14.7. The molecule has 4 aromatic rings. The van der Waals surface area contributed by atoms with Gasteiger partial charge in [0.1, 0.15) is 11.9 Å². The molecule has 1 aliphatic rings. The number of fused-ring (bicyclic) bond motifs is 1. The summed E-state index contributed by atoms with van der Waals surface area (Å²) in [5.41, 5.74) is 5.35. The first-order valence-electron chi connectivity index (χ1n) is 12.4. The molecule has 1 fully saturated rings. The molecule has 0 atom stereocenters. The van der Waals surface area contributed by atoms with Gasteiger partial charge in [-0.05, 0) is 67.3 Å². The standard InChI is InChI=1S/C29H29N5O2S/c1-21-26-14-15-31-27(26)12-13-28(21)33(2)29-24(18-23(19-30)20-32-29)9-6-22-7-10-25(11-8-22)37(35,36)34-16-4-3-5-17-34/h6-15,18,20,31H,3-5,16-17H2,1-2H3. The van der Waals surface area contributed by atoms with Crippen LogP contribution < -0.4 is 4.90 Å². The second-order valence-corrected chi connectivity index (χ2v) is 11.3. The lowest BCUT2D eigenvalue weighted by molar-refractivity contribution is 0.346. The first-order valence-corrected chi connectivity index (χ1v) is 13.8. The molecule has 3 heterocycles. The van der Waals surface area contributed by atoms with E-state index >= 15 is 0 Å². The molecule has 0 aliphatic carbocycles. The lowest BCUT2D eigenvalue weighted by atomic mass is 10.1. The highest BCUT2D eigenvalue weighted by Gasteiger charge is 2.25. The zero-order valence-electron chi connectivity index (χ0n) is 21.0. The second kappa shape index (κ2) is 10.2. The second-order valence-electron chi connectivity index (χ2n) is 9.32. The van der Waals surface area contributed by atoms with Gasteiger partial charge < -0.3 is 9.88 Å². The number of anilines is 2. The van der Waals surface area contributed by atoms with Gasteiger partial charge >= 0.3 is 0 Å². The maximum atomic E-state index is 13.0. The molecule has 0 saturated carbocycles. The number of aromatic nitrogens is 2. The van der Waals surface area contributed by atoms with E-state index in [0.29, 0.717) is 23.5 Å². The zero-order valence-corrected chi connectivity index (χ0v) is 21.8. The van der Waals surface area contributed by atoms with E-state index in [4.69, 9.17) is 0 Å². The highest BCUT2D eigenvalue weighted by Crippen LogP contribution is 2.33. The fraction of sp³-hybridized carbons (Fsp3) is 0.241. The maximum absolute atomic E-state index is 13.0. The molecule has 5 rings (SSSR count). The van der Waals surface area contributed by atoms with Crippen LogP contribution in [0, 0.1) is 18.3 Å². The number of aryl methyl sites for hydroxylation is 1. The number of H-pyrrole nitrogens is 1. The van der Waals surface area contributed by atoms with Crippen LogP contribution in [0.25, 0.3) is 23.1 Å². The summed E-state index contributed by atoms with van der Waals surface area (Å²) >= 11 is 0. The molecule has 7 nitrogen and oxygen atoms in total. The molecule has 0 unspecified atom stereocenters. The number of hydrogen-bond acceptors (Lipinski definition) is 5. The van der Waals surface area contributed by atoms with Gasteiger partial charge in [-0.1, -0.05) is 30.7 Å². The van der Waals surface area contributed by atoms with Crippen molar-refractivity contribution >= 4 is 44.6 Å². The van der Waals surface area contributed by atoms with Gasteiger partial charge in [0.2, 0.25) is 10.0 Å². The van der Waals surface area contributed by atoms with E-state index in [1.807, 2.05) is 54.6 Å². The van der Waals surface area contributed by atoms with Crippen LogP contribution in [0.4, 0.5) is 11.5 Å². The van der Waals surface area contributed by atoms with Crippen molar-refractivity contribution in [3.8, 4) is 6.07 Å². The third-order valence-corrected chi connectivity index (χ3v) is 8.88. The molecular formula is C29H29N5O2S. The fourth-order valence-corrected chi connectivity index (χ4v) is 6.40. The molecular weight excluding hydrogens is 482 g/mol. The summed E-state index contributed by atoms with van der Waals surface area (Å²) in [4.78, 5) is 10.2. The average molecular weight is 512 g/mol. The van der Waals surface area contributed by atoms with Crippen LogP contribution in [-0.4, -0.2) is 42.8 Å². The largest absolute Gasteiger partial charge is 0.361 e. The summed E-state index contributed by atoms with van der Waals surface area (Å²) in [7, 11) is -1.50. The Labute approximate surface area is 217 Å². The quantitative estimate of drug-likeness (QED) is 0.350. The van der Waals surface area contributed by atoms with Gasteiger partial charge in [-0.15, -0.1) is 0 Å². The van der Waals surface area contributed by atoms with Crippen molar-refractivity contribution in [2.75, 3.05) is 25.0 Å². The number of piperidine rings is 1. The van der Waals surface area contributed by atoms with Crippen LogP contribution in [0.1, 0.15) is 41.5 Å². The number of hydrogen-bond donors (Lipinski definition) is 1. The van der Waals surface area contributed by atoms with Crippen molar-refractivity contribution in [2.45, 2.75) is 31.1 Å². The van der Waals surface area contributed by atoms with E-state index in [0.717, 1.165) is 58.4 Å². The van der Waals surface area contributed by atoms with Gasteiger partial charge in [-0.3, -0.25) is 0 Å². The molecule has 37 heavy (non-hydrogen) atoms. The Hall–Kier alpha value is -3.93. The minimum Gasteiger partial charge on any atom is -0.361 e. The Morgan fingerprint density at radius 3 is 2.54 bits per heavy atom. The van der Waals surface area contributed by atoms with Gasteiger partial charge in [-0.2, -0.15) is 9.57 Å². The molecule has 0 radical (unpaired) electrons. The van der Waals surface area contributed by atoms with E-state index < -0.39 is 10.0 Å². The maximum Gasteiger partial charge on any atom is 0.243 e. The van der Waals surface area contributed by atoms with Crippen molar-refractivity contribution in [1.29, 1.82) is 5.26 Å². The monoisotopic (exact) mass is 511 g/mol. The topological polar surface area (TPSA) is 93.1 Å². The van der Waals surface area contributed by atoms with Gasteiger partial charge in [0, 0.05) is 54.7 Å². The first kappa shape index (κ1) is 24.8. The summed E-state index contributed by atoms with van der Waals surface area (Å²) in [6.07, 6.45) is 10.2. The molecule has 188 valence electrons. The van der Waals surface area contributed by atoms with Gasteiger partial charge in [0.15, 0.2) is 0 Å². The van der Waals surface area contributed by atoms with Crippen LogP contribution in [0.15, 0.2) is 65.8 Å². The van der Waals surface area contributed by atoms with E-state index in [1.165, 1.54) is 0 Å². The van der Waals surface area contributed by atoms with Crippen molar-refractivity contribution in [3.05, 3.63) is 83.2 Å². The third kappa shape index (κ3) is 4.88. The van der Waals surface area contributed by atoms with E-state index in [-0.39, 0.29) is 0 Å². The van der Waals surface area contributed by atoms with Crippen molar-refractivity contribution in [3.63, 3.8) is 0 Å². The first-order chi connectivity index (χ1) is 17.9. The van der Waals surface area contributed by atoms with E-state index in [9.17, 15) is 13.7 Å². The van der Waals surface area contributed by atoms with Crippen molar-refractivity contribution < 1.29 is 8.42 Å². The number of nitrogens with zero attached hydrogens (tertiary/aromatic N) is 4. The molecule has 1 aliphatic heterocycles. The Kier molecular flexibility index (Phi) is 6.83. The molecule has 8 heteroatoms. The minimum atomic E-state index is -3.46. The van der Waals surface area contributed by atoms with Gasteiger partial charge in [0.25, 0.3) is 0 Å². The van der Waals surface area contributed by atoms with Crippen LogP contribution in [0.3, 0.4) is 0 Å². The molecule has 2 aromatic heterocycles. The molecule has 1 saturated heterocycles. The number of nitriles is 1. The molecule has 2 aromatic carbocycles. The summed E-state index contributed by atoms with van der Waals surface area (Å²) in [6, 6.07) is 17.1. The molecule has 0 amide bonds. The predicted octanol–water partition coefficient (Wildman–Crippen LogP) is 5.86. The highest BCUT2D eigenvalue weighted by atomic mass is 32.2. The Balaban J connectivity index is 1.44. The number of aromatic amines is 1. The zero-order chi connectivity index (χ0) is 26.0. The number of pyridine rings is 1. The third-order valence-electron chi connectivity index (χ3n) is 6.97. The summed E-state index contributed by atoms with van der Waals surface area (Å²) in [6.45, 7) is 3.25. The smallest absolute Gasteiger partial charge is 0.243 e. The van der Waals surface area contributed by atoms with Gasteiger partial charge in [0.05, 0.1) is 10.5 Å². The summed E-state index contributed by atoms with van der Waals surface area (Å²) in [5.74, 6) is 0.720. The highest BCUT2D eigenvalue weighted by molar-refractivity contribution is 7.89. The van der Waals surface area contributed by atoms with Crippen LogP contribution in [-0.2, 0) is 10.0 Å². The Morgan fingerprint density at radius 2 is 1.81 bits per heavy atom. The molecule has 1 N–H and O–H groups in total. The van der Waals surface area contributed by atoms with Crippen LogP contribution in [0.5, 0.6) is 0 Å². The van der Waals surface area contributed by atoms with E-state index in [2.05, 4.69) is 35.1 Å². The fourth-order valence-electron chi connectivity index (χ4n) is 4.88. The molecule has 0 bridgehead atoms. The Bertz CT molecular complexity index is 1610. The average Bonchev–Trinajstić information content (AvgIpc) is 3.42. The lowest BCUT2D eigenvalue weighted by Crippen LogP contribution is -2.35. The van der Waals surface area contributed by atoms with E-state index in [1.54, 1.807) is 22.6 Å². The minimum absolute atomic E-state index is 0.316. The number of rotatable bonds is 6. The number of sulfonamides is 1. The molecule has 0 spiro atoms. The van der Waals surface area contributed by atoms with Gasteiger partial charge in [-0.25, -0.2) is 13.4 Å². The lowest BCUT2D eigenvalue weighted by Gasteiger charge is -2.25. The number of benzene rings is 2. The summed E-state index contributed by atoms with van der Waals surface area (Å²) in [5, 5.41) is 10.6. The van der Waals surface area contributed by atoms with Crippen LogP contribution in [0.2, 0.25) is 0 Å². The van der Waals surface area contributed by atoms with Crippen LogP contribution >= 0.6 is 0 Å². The SMILES string of the molecule is Cc1c(N(C)c2ncc(C#N)cc2C=Cc2ccc(S(=O)(=O)N3CCCCC3)cc2)ccc2[nH]ccc12.